The molecule has 1 atom stereocenters. The molecule has 1 aliphatic heterocycles. The zero-order valence-corrected chi connectivity index (χ0v) is 19.8. The molecule has 0 saturated heterocycles. The highest BCUT2D eigenvalue weighted by atomic mass is 16.3. The van der Waals surface area contributed by atoms with E-state index in [2.05, 4.69) is 55.6 Å². The van der Waals surface area contributed by atoms with Crippen molar-refractivity contribution < 1.29 is 5.11 Å². The molecule has 3 aromatic rings. The number of benzene rings is 1. The van der Waals surface area contributed by atoms with Gasteiger partial charge in [-0.2, -0.15) is 0 Å². The minimum atomic E-state index is -0.284. The molecule has 0 spiro atoms. The average Bonchev–Trinajstić information content (AvgIpc) is 3.24. The Morgan fingerprint density at radius 1 is 1.09 bits per heavy atom. The summed E-state index contributed by atoms with van der Waals surface area (Å²) in [6.45, 7) is 3.35. The van der Waals surface area contributed by atoms with E-state index in [1.807, 2.05) is 0 Å². The molecule has 3 N–H and O–H groups in total. The second-order valence-electron chi connectivity index (χ2n) is 11.6. The maximum atomic E-state index is 11.3. The number of H-pyrrole nitrogens is 1. The zero-order valence-electron chi connectivity index (χ0n) is 19.8. The van der Waals surface area contributed by atoms with Crippen LogP contribution in [0.1, 0.15) is 55.3 Å². The largest absolute Gasteiger partial charge is 0.391 e. The van der Waals surface area contributed by atoms with Crippen LogP contribution in [0.4, 0.5) is 5.82 Å². The van der Waals surface area contributed by atoms with Crippen LogP contribution in [0.2, 0.25) is 0 Å². The van der Waals surface area contributed by atoms with Gasteiger partial charge in [-0.3, -0.25) is 4.90 Å². The van der Waals surface area contributed by atoms with Gasteiger partial charge in [0, 0.05) is 48.8 Å². The van der Waals surface area contributed by atoms with Gasteiger partial charge in [-0.1, -0.05) is 18.2 Å². The molecule has 1 unspecified atom stereocenters. The van der Waals surface area contributed by atoms with Crippen molar-refractivity contribution in [2.45, 2.75) is 64.1 Å². The molecule has 0 radical (unpaired) electrons. The lowest BCUT2D eigenvalue weighted by atomic mass is 9.48. The van der Waals surface area contributed by atoms with Crippen molar-refractivity contribution in [1.82, 2.24) is 19.9 Å². The zero-order chi connectivity index (χ0) is 22.7. The quantitative estimate of drug-likeness (QED) is 0.508. The smallest absolute Gasteiger partial charge is 0.133 e. The van der Waals surface area contributed by atoms with Gasteiger partial charge >= 0.3 is 0 Å². The molecule has 6 heteroatoms. The van der Waals surface area contributed by atoms with E-state index in [4.69, 9.17) is 0 Å². The van der Waals surface area contributed by atoms with Crippen LogP contribution in [-0.4, -0.2) is 44.2 Å². The Balaban J connectivity index is 1.03. The van der Waals surface area contributed by atoms with Crippen molar-refractivity contribution in [3.05, 3.63) is 53.6 Å². The summed E-state index contributed by atoms with van der Waals surface area (Å²) in [6, 6.07) is 8.51. The molecule has 4 saturated carbocycles. The predicted octanol–water partition coefficient (Wildman–Crippen LogP) is 4.51. The van der Waals surface area contributed by atoms with E-state index in [9.17, 15) is 5.11 Å². The third kappa shape index (κ3) is 3.54. The molecule has 34 heavy (non-hydrogen) atoms. The van der Waals surface area contributed by atoms with E-state index >= 15 is 0 Å². The minimum absolute atomic E-state index is 0.144. The fourth-order valence-corrected chi connectivity index (χ4v) is 8.19. The molecule has 8 rings (SSSR count). The van der Waals surface area contributed by atoms with Crippen LogP contribution in [0.25, 0.3) is 10.9 Å². The van der Waals surface area contributed by atoms with E-state index < -0.39 is 0 Å². The van der Waals surface area contributed by atoms with Gasteiger partial charge in [-0.05, 0) is 79.7 Å². The Hall–Kier alpha value is -2.44. The first kappa shape index (κ1) is 20.9. The van der Waals surface area contributed by atoms with Gasteiger partial charge in [0.1, 0.15) is 12.1 Å². The Morgan fingerprint density at radius 3 is 2.65 bits per heavy atom. The van der Waals surface area contributed by atoms with Crippen LogP contribution in [0, 0.1) is 23.2 Å². The fourth-order valence-electron chi connectivity index (χ4n) is 8.19. The van der Waals surface area contributed by atoms with Gasteiger partial charge in [0.15, 0.2) is 0 Å². The highest BCUT2D eigenvalue weighted by molar-refractivity contribution is 5.82. The minimum Gasteiger partial charge on any atom is -0.391 e. The Kier molecular flexibility index (Phi) is 4.95. The number of hydrogen-bond acceptors (Lipinski definition) is 5. The SMILES string of the molecule is OC(CNc1ncnc2c1CCN(Cc1c[nH]c3ccccc13)C2)C12CC3CC(CC(C3)C1)C2. The number of anilines is 1. The number of hydrogen-bond donors (Lipinski definition) is 3. The molecule has 1 aromatic carbocycles. The second kappa shape index (κ2) is 8.06. The molecule has 2 aromatic heterocycles. The number of para-hydroxylation sites is 1. The molecule has 5 aliphatic rings. The van der Waals surface area contributed by atoms with Crippen LogP contribution >= 0.6 is 0 Å². The van der Waals surface area contributed by atoms with Gasteiger partial charge in [0.2, 0.25) is 0 Å². The molecule has 178 valence electrons. The van der Waals surface area contributed by atoms with Gasteiger partial charge in [-0.25, -0.2) is 9.97 Å². The van der Waals surface area contributed by atoms with Gasteiger partial charge in [0.05, 0.1) is 11.8 Å². The summed E-state index contributed by atoms with van der Waals surface area (Å²) in [5.41, 5.74) is 5.03. The highest BCUT2D eigenvalue weighted by Gasteiger charge is 2.53. The van der Waals surface area contributed by atoms with E-state index in [1.54, 1.807) is 6.33 Å². The predicted molar refractivity (Wildman–Crippen MR) is 133 cm³/mol. The molecule has 4 aliphatic carbocycles. The van der Waals surface area contributed by atoms with Crippen LogP contribution in [0.15, 0.2) is 36.8 Å². The van der Waals surface area contributed by atoms with Crippen molar-refractivity contribution in [2.24, 2.45) is 23.2 Å². The first-order valence-corrected chi connectivity index (χ1v) is 13.2. The number of aliphatic hydroxyl groups excluding tert-OH is 1. The normalized spacial score (nSPS) is 31.0. The number of aliphatic hydroxyl groups is 1. The highest BCUT2D eigenvalue weighted by Crippen LogP contribution is 2.61. The number of nitrogens with zero attached hydrogens (tertiary/aromatic N) is 3. The lowest BCUT2D eigenvalue weighted by Gasteiger charge is -2.58. The van der Waals surface area contributed by atoms with Crippen molar-refractivity contribution in [1.29, 1.82) is 0 Å². The third-order valence-electron chi connectivity index (χ3n) is 9.41. The lowest BCUT2D eigenvalue weighted by Crippen LogP contribution is -2.53. The Bertz CT molecular complexity index is 1170. The average molecular weight is 458 g/mol. The molecule has 3 heterocycles. The van der Waals surface area contributed by atoms with Crippen molar-refractivity contribution in [3.63, 3.8) is 0 Å². The van der Waals surface area contributed by atoms with E-state index in [0.29, 0.717) is 6.54 Å². The van der Waals surface area contributed by atoms with Gasteiger partial charge in [-0.15, -0.1) is 0 Å². The van der Waals surface area contributed by atoms with Crippen LogP contribution in [-0.2, 0) is 19.5 Å². The van der Waals surface area contributed by atoms with Crippen molar-refractivity contribution in [3.8, 4) is 0 Å². The van der Waals surface area contributed by atoms with Crippen molar-refractivity contribution >= 4 is 16.7 Å². The summed E-state index contributed by atoms with van der Waals surface area (Å²) in [4.78, 5) is 15.1. The first-order valence-electron chi connectivity index (χ1n) is 13.2. The number of aromatic amines is 1. The Labute approximate surface area is 201 Å². The van der Waals surface area contributed by atoms with Crippen LogP contribution in [0.3, 0.4) is 0 Å². The number of rotatable bonds is 6. The van der Waals surface area contributed by atoms with Gasteiger partial charge < -0.3 is 15.4 Å². The topological polar surface area (TPSA) is 77.1 Å². The monoisotopic (exact) mass is 457 g/mol. The molecule has 4 fully saturated rings. The number of aromatic nitrogens is 3. The number of nitrogens with one attached hydrogen (secondary N) is 2. The van der Waals surface area contributed by atoms with E-state index in [-0.39, 0.29) is 11.5 Å². The fraction of sp³-hybridized carbons (Fsp3) is 0.571. The molecule has 0 amide bonds. The summed E-state index contributed by atoms with van der Waals surface area (Å²) in [7, 11) is 0. The third-order valence-corrected chi connectivity index (χ3v) is 9.41. The second-order valence-corrected chi connectivity index (χ2v) is 11.6. The standard InChI is InChI=1S/C28H35N5O/c34-26(28-10-18-7-19(11-28)9-20(8-18)12-28)14-30-27-23-5-6-33(16-25(23)31-17-32-27)15-21-13-29-24-4-2-1-3-22(21)24/h1-4,13,17-20,26,29,34H,5-12,14-16H2,(H,30,31,32). The maximum absolute atomic E-state index is 11.3. The van der Waals surface area contributed by atoms with E-state index in [1.165, 1.54) is 60.6 Å². The molecular formula is C28H35N5O. The number of fused-ring (bicyclic) bond motifs is 2. The lowest BCUT2D eigenvalue weighted by molar-refractivity contribution is -0.115. The van der Waals surface area contributed by atoms with Crippen LogP contribution in [0.5, 0.6) is 0 Å². The summed E-state index contributed by atoms with van der Waals surface area (Å²) in [5.74, 6) is 3.50. The summed E-state index contributed by atoms with van der Waals surface area (Å²) in [6.07, 6.45) is 12.4. The van der Waals surface area contributed by atoms with Gasteiger partial charge in [0.25, 0.3) is 0 Å². The van der Waals surface area contributed by atoms with Crippen molar-refractivity contribution in [2.75, 3.05) is 18.4 Å². The Morgan fingerprint density at radius 2 is 1.85 bits per heavy atom. The molecule has 6 nitrogen and oxygen atoms in total. The summed E-state index contributed by atoms with van der Waals surface area (Å²) < 4.78 is 0. The van der Waals surface area contributed by atoms with E-state index in [0.717, 1.165) is 55.3 Å². The summed E-state index contributed by atoms with van der Waals surface area (Å²) in [5, 5.41) is 16.2. The summed E-state index contributed by atoms with van der Waals surface area (Å²) >= 11 is 0. The molecule has 4 bridgehead atoms. The molecular weight excluding hydrogens is 422 g/mol. The maximum Gasteiger partial charge on any atom is 0.133 e. The van der Waals surface area contributed by atoms with Crippen LogP contribution < -0.4 is 5.32 Å². The first-order chi connectivity index (χ1) is 16.6.